The zero-order valence-electron chi connectivity index (χ0n) is 11.1. The Labute approximate surface area is 116 Å². The molecule has 102 valence electrons. The first-order chi connectivity index (χ1) is 9.20. The molecule has 0 aliphatic carbocycles. The molecule has 0 saturated carbocycles. The Balaban J connectivity index is 1.93. The minimum absolute atomic E-state index is 0.149. The van der Waals surface area contributed by atoms with Gasteiger partial charge in [-0.05, 0) is 31.0 Å². The maximum Gasteiger partial charge on any atom is 0.271 e. The summed E-state index contributed by atoms with van der Waals surface area (Å²) in [7, 11) is 0. The SMILES string of the molecule is CCN[C@H](C)CNC(=O)c1cc(-c2cccs2)[nH]n1. The Morgan fingerprint density at radius 3 is 3.11 bits per heavy atom. The lowest BCUT2D eigenvalue weighted by Crippen LogP contribution is -2.38. The van der Waals surface area contributed by atoms with Crippen LogP contribution in [0.3, 0.4) is 0 Å². The lowest BCUT2D eigenvalue weighted by Gasteiger charge is -2.12. The van der Waals surface area contributed by atoms with Crippen LogP contribution in [-0.2, 0) is 0 Å². The lowest BCUT2D eigenvalue weighted by molar-refractivity contribution is 0.0945. The van der Waals surface area contributed by atoms with Crippen molar-refractivity contribution in [3.05, 3.63) is 29.3 Å². The first kappa shape index (κ1) is 13.8. The topological polar surface area (TPSA) is 69.8 Å². The van der Waals surface area contributed by atoms with Crippen LogP contribution >= 0.6 is 11.3 Å². The van der Waals surface area contributed by atoms with Crippen LogP contribution in [-0.4, -0.2) is 35.2 Å². The third-order valence-electron chi connectivity index (χ3n) is 2.72. The maximum atomic E-state index is 11.9. The molecular formula is C13H18N4OS. The molecule has 2 aromatic rings. The summed E-state index contributed by atoms with van der Waals surface area (Å²) in [5, 5.41) is 15.0. The Kier molecular flexibility index (Phi) is 4.70. The largest absolute Gasteiger partial charge is 0.349 e. The van der Waals surface area contributed by atoms with Crippen LogP contribution in [0.25, 0.3) is 10.6 Å². The molecule has 0 unspecified atom stereocenters. The van der Waals surface area contributed by atoms with Crippen LogP contribution in [0.1, 0.15) is 24.3 Å². The number of H-pyrrole nitrogens is 1. The molecule has 1 amide bonds. The summed E-state index contributed by atoms with van der Waals surface area (Å²) in [5.74, 6) is -0.149. The summed E-state index contributed by atoms with van der Waals surface area (Å²) in [6.45, 7) is 5.56. The van der Waals surface area contributed by atoms with Crippen molar-refractivity contribution < 1.29 is 4.79 Å². The van der Waals surface area contributed by atoms with Gasteiger partial charge in [0.2, 0.25) is 0 Å². The monoisotopic (exact) mass is 278 g/mol. The van der Waals surface area contributed by atoms with Crippen molar-refractivity contribution >= 4 is 17.2 Å². The van der Waals surface area contributed by atoms with E-state index >= 15 is 0 Å². The summed E-state index contributed by atoms with van der Waals surface area (Å²) in [5.41, 5.74) is 1.30. The lowest BCUT2D eigenvalue weighted by atomic mass is 10.3. The van der Waals surface area contributed by atoms with E-state index in [-0.39, 0.29) is 11.9 Å². The Morgan fingerprint density at radius 1 is 1.58 bits per heavy atom. The number of thiophene rings is 1. The van der Waals surface area contributed by atoms with E-state index in [0.717, 1.165) is 17.1 Å². The minimum Gasteiger partial charge on any atom is -0.349 e. The molecule has 0 aliphatic rings. The zero-order chi connectivity index (χ0) is 13.7. The van der Waals surface area contributed by atoms with E-state index < -0.39 is 0 Å². The molecule has 0 saturated heterocycles. The summed E-state index contributed by atoms with van der Waals surface area (Å²) >= 11 is 1.61. The van der Waals surface area contributed by atoms with Crippen molar-refractivity contribution in [1.82, 2.24) is 20.8 Å². The second-order valence-electron chi connectivity index (χ2n) is 4.31. The molecule has 0 fully saturated rings. The number of hydrogen-bond acceptors (Lipinski definition) is 4. The molecular weight excluding hydrogens is 260 g/mol. The molecule has 0 bridgehead atoms. The second-order valence-corrected chi connectivity index (χ2v) is 5.26. The molecule has 0 aromatic carbocycles. The Morgan fingerprint density at radius 2 is 2.42 bits per heavy atom. The highest BCUT2D eigenvalue weighted by atomic mass is 32.1. The smallest absolute Gasteiger partial charge is 0.271 e. The molecule has 0 radical (unpaired) electrons. The van der Waals surface area contributed by atoms with Gasteiger partial charge in [0.05, 0.1) is 10.6 Å². The third kappa shape index (κ3) is 3.65. The maximum absolute atomic E-state index is 11.9. The fourth-order valence-electron chi connectivity index (χ4n) is 1.75. The van der Waals surface area contributed by atoms with E-state index in [0.29, 0.717) is 12.2 Å². The van der Waals surface area contributed by atoms with Gasteiger partial charge in [0, 0.05) is 12.6 Å². The van der Waals surface area contributed by atoms with Crippen LogP contribution in [0.2, 0.25) is 0 Å². The zero-order valence-corrected chi connectivity index (χ0v) is 11.9. The number of likely N-dealkylation sites (N-methyl/N-ethyl adjacent to an activating group) is 1. The quantitative estimate of drug-likeness (QED) is 0.755. The van der Waals surface area contributed by atoms with E-state index in [9.17, 15) is 4.79 Å². The molecule has 5 nitrogen and oxygen atoms in total. The van der Waals surface area contributed by atoms with E-state index in [1.54, 1.807) is 17.4 Å². The van der Waals surface area contributed by atoms with Crippen molar-refractivity contribution in [2.75, 3.05) is 13.1 Å². The Hall–Kier alpha value is -1.66. The van der Waals surface area contributed by atoms with Gasteiger partial charge in [0.25, 0.3) is 5.91 Å². The van der Waals surface area contributed by atoms with E-state index in [1.165, 1.54) is 0 Å². The molecule has 6 heteroatoms. The Bertz CT molecular complexity index is 520. The molecule has 3 N–H and O–H groups in total. The summed E-state index contributed by atoms with van der Waals surface area (Å²) in [6, 6.07) is 6.00. The van der Waals surface area contributed by atoms with Gasteiger partial charge in [-0.1, -0.05) is 13.0 Å². The number of hydrogen-bond donors (Lipinski definition) is 3. The molecule has 1 atom stereocenters. The van der Waals surface area contributed by atoms with Crippen LogP contribution in [0.5, 0.6) is 0 Å². The summed E-state index contributed by atoms with van der Waals surface area (Å²) in [6.07, 6.45) is 0. The fourth-order valence-corrected chi connectivity index (χ4v) is 2.45. The highest BCUT2D eigenvalue weighted by Gasteiger charge is 2.12. The third-order valence-corrected chi connectivity index (χ3v) is 3.62. The van der Waals surface area contributed by atoms with Gasteiger partial charge in [-0.15, -0.1) is 11.3 Å². The van der Waals surface area contributed by atoms with Crippen molar-refractivity contribution in [2.24, 2.45) is 0 Å². The number of carbonyl (C=O) groups excluding carboxylic acids is 1. The average molecular weight is 278 g/mol. The van der Waals surface area contributed by atoms with Gasteiger partial charge in [-0.25, -0.2) is 0 Å². The normalized spacial score (nSPS) is 12.3. The number of amides is 1. The van der Waals surface area contributed by atoms with Crippen LogP contribution in [0, 0.1) is 0 Å². The van der Waals surface area contributed by atoms with Gasteiger partial charge >= 0.3 is 0 Å². The average Bonchev–Trinajstić information content (AvgIpc) is 3.06. The molecule has 0 spiro atoms. The summed E-state index contributed by atoms with van der Waals surface area (Å²) in [4.78, 5) is 13.0. The predicted octanol–water partition coefficient (Wildman–Crippen LogP) is 1.87. The first-order valence-corrected chi connectivity index (χ1v) is 7.19. The van der Waals surface area contributed by atoms with Crippen molar-refractivity contribution in [3.63, 3.8) is 0 Å². The van der Waals surface area contributed by atoms with Gasteiger partial charge < -0.3 is 10.6 Å². The van der Waals surface area contributed by atoms with Crippen molar-refractivity contribution in [3.8, 4) is 10.6 Å². The second kappa shape index (κ2) is 6.49. The highest BCUT2D eigenvalue weighted by Crippen LogP contribution is 2.22. The van der Waals surface area contributed by atoms with E-state index in [1.807, 2.05) is 31.4 Å². The number of nitrogens with one attached hydrogen (secondary N) is 3. The molecule has 19 heavy (non-hydrogen) atoms. The number of carbonyl (C=O) groups is 1. The number of aromatic nitrogens is 2. The van der Waals surface area contributed by atoms with Crippen molar-refractivity contribution in [1.29, 1.82) is 0 Å². The van der Waals surface area contributed by atoms with Crippen LogP contribution in [0.4, 0.5) is 0 Å². The molecule has 2 rings (SSSR count). The molecule has 2 aromatic heterocycles. The van der Waals surface area contributed by atoms with Gasteiger partial charge in [0.1, 0.15) is 0 Å². The van der Waals surface area contributed by atoms with E-state index in [4.69, 9.17) is 0 Å². The van der Waals surface area contributed by atoms with Gasteiger partial charge in [-0.2, -0.15) is 5.10 Å². The number of rotatable bonds is 6. The fraction of sp³-hybridized carbons (Fsp3) is 0.385. The summed E-state index contributed by atoms with van der Waals surface area (Å²) < 4.78 is 0. The van der Waals surface area contributed by atoms with Gasteiger partial charge in [0.15, 0.2) is 5.69 Å². The molecule has 0 aliphatic heterocycles. The minimum atomic E-state index is -0.149. The number of aromatic amines is 1. The molecule has 2 heterocycles. The van der Waals surface area contributed by atoms with E-state index in [2.05, 4.69) is 20.8 Å². The van der Waals surface area contributed by atoms with Crippen LogP contribution in [0.15, 0.2) is 23.6 Å². The van der Waals surface area contributed by atoms with Gasteiger partial charge in [-0.3, -0.25) is 9.89 Å². The number of nitrogens with zero attached hydrogens (tertiary/aromatic N) is 1. The standard InChI is InChI=1S/C13H18N4OS/c1-3-14-9(2)8-15-13(18)11-7-10(16-17-11)12-5-4-6-19-12/h4-7,9,14H,3,8H2,1-2H3,(H,15,18)(H,16,17)/t9-/m1/s1. The highest BCUT2D eigenvalue weighted by molar-refractivity contribution is 7.13. The van der Waals surface area contributed by atoms with Crippen molar-refractivity contribution in [2.45, 2.75) is 19.9 Å². The predicted molar refractivity (Wildman–Crippen MR) is 77.4 cm³/mol. The first-order valence-electron chi connectivity index (χ1n) is 6.31. The van der Waals surface area contributed by atoms with Crippen LogP contribution < -0.4 is 10.6 Å².